The average molecular weight is 378 g/mol. The van der Waals surface area contributed by atoms with Crippen LogP contribution in [-0.2, 0) is 15.9 Å². The number of hydrogen-bond donors (Lipinski definition) is 1. The lowest BCUT2D eigenvalue weighted by Gasteiger charge is -2.39. The van der Waals surface area contributed by atoms with Crippen molar-refractivity contribution in [3.63, 3.8) is 0 Å². The molecule has 6 nitrogen and oxygen atoms in total. The lowest BCUT2D eigenvalue weighted by molar-refractivity contribution is -0.227. The lowest BCUT2D eigenvalue weighted by Crippen LogP contribution is -2.43. The molecule has 0 aliphatic carbocycles. The second kappa shape index (κ2) is 8.20. The summed E-state index contributed by atoms with van der Waals surface area (Å²) in [5.74, 6) is 0.231. The molecule has 0 bridgehead atoms. The molecule has 140 valence electrons. The zero-order chi connectivity index (χ0) is 18.6. The van der Waals surface area contributed by atoms with Crippen molar-refractivity contribution in [2.75, 3.05) is 13.2 Å². The number of ether oxygens (including phenoxy) is 2. The maximum absolute atomic E-state index is 11.2. The van der Waals surface area contributed by atoms with Gasteiger partial charge in [0.1, 0.15) is 18.4 Å². The summed E-state index contributed by atoms with van der Waals surface area (Å²) in [6.45, 7) is 4.86. The van der Waals surface area contributed by atoms with E-state index in [9.17, 15) is 5.11 Å². The van der Waals surface area contributed by atoms with Crippen molar-refractivity contribution < 1.29 is 14.6 Å². The maximum atomic E-state index is 11.2. The number of nitrogens with zero attached hydrogens (tertiary/aromatic N) is 3. The van der Waals surface area contributed by atoms with E-state index in [0.29, 0.717) is 36.8 Å². The van der Waals surface area contributed by atoms with Gasteiger partial charge in [0.15, 0.2) is 6.29 Å². The van der Waals surface area contributed by atoms with E-state index in [1.165, 1.54) is 6.33 Å². The summed E-state index contributed by atoms with van der Waals surface area (Å²) < 4.78 is 13.2. The Morgan fingerprint density at radius 1 is 1.27 bits per heavy atom. The first-order chi connectivity index (χ1) is 12.6. The van der Waals surface area contributed by atoms with E-state index in [-0.39, 0.29) is 12.0 Å². The van der Waals surface area contributed by atoms with Gasteiger partial charge in [0.25, 0.3) is 0 Å². The van der Waals surface area contributed by atoms with Crippen molar-refractivity contribution in [1.82, 2.24) is 14.8 Å². The summed E-state index contributed by atoms with van der Waals surface area (Å²) in [5.41, 5.74) is 1.08. The molecule has 0 unspecified atom stereocenters. The Balaban J connectivity index is 1.97. The SMILES string of the molecule is CCC1OCC(CC)(C(O)=C(Cc2ccc(Cl)cc2)n2cncn2)CO1. The van der Waals surface area contributed by atoms with E-state index in [0.717, 1.165) is 12.0 Å². The second-order valence-electron chi connectivity index (χ2n) is 6.53. The predicted octanol–water partition coefficient (Wildman–Crippen LogP) is 4.08. The highest BCUT2D eigenvalue weighted by molar-refractivity contribution is 6.30. The van der Waals surface area contributed by atoms with Gasteiger partial charge in [-0.25, -0.2) is 9.67 Å². The number of rotatable bonds is 6. The number of hydrogen-bond acceptors (Lipinski definition) is 5. The lowest BCUT2D eigenvalue weighted by atomic mass is 9.82. The van der Waals surface area contributed by atoms with Crippen LogP contribution < -0.4 is 0 Å². The summed E-state index contributed by atoms with van der Waals surface area (Å²) in [6.07, 6.45) is 4.79. The van der Waals surface area contributed by atoms with Crippen molar-refractivity contribution in [3.8, 4) is 0 Å². The Kier molecular flexibility index (Phi) is 5.96. The number of benzene rings is 1. The van der Waals surface area contributed by atoms with Crippen molar-refractivity contribution in [2.45, 2.75) is 39.4 Å². The predicted molar refractivity (Wildman–Crippen MR) is 99.7 cm³/mol. The molecule has 0 saturated carbocycles. The van der Waals surface area contributed by atoms with Gasteiger partial charge in [0.05, 0.1) is 24.3 Å². The Labute approximate surface area is 158 Å². The molecular formula is C19H24ClN3O3. The van der Waals surface area contributed by atoms with Gasteiger partial charge in [-0.3, -0.25) is 0 Å². The van der Waals surface area contributed by atoms with Crippen LogP contribution in [0.2, 0.25) is 5.02 Å². The van der Waals surface area contributed by atoms with Gasteiger partial charge in [-0.1, -0.05) is 37.6 Å². The summed E-state index contributed by atoms with van der Waals surface area (Å²) >= 11 is 5.98. The fourth-order valence-corrected chi connectivity index (χ4v) is 3.19. The Hall–Kier alpha value is -1.89. The Morgan fingerprint density at radius 2 is 1.96 bits per heavy atom. The maximum Gasteiger partial charge on any atom is 0.157 e. The number of halogens is 1. The quantitative estimate of drug-likeness (QED) is 0.768. The molecule has 3 rings (SSSR count). The molecule has 0 atom stereocenters. The van der Waals surface area contributed by atoms with Gasteiger partial charge in [-0.05, 0) is 30.5 Å². The van der Waals surface area contributed by atoms with Crippen LogP contribution in [0.25, 0.3) is 5.70 Å². The first kappa shape index (κ1) is 18.9. The zero-order valence-electron chi connectivity index (χ0n) is 15.1. The van der Waals surface area contributed by atoms with E-state index >= 15 is 0 Å². The molecule has 0 radical (unpaired) electrons. The standard InChI is InChI=1S/C19H24ClN3O3/c1-3-17-25-10-19(4-2,11-26-17)18(24)16(23-13-21-12-22-23)9-14-5-7-15(20)8-6-14/h5-8,12-13,17,24H,3-4,9-11H2,1-2H3. The smallest absolute Gasteiger partial charge is 0.157 e. The molecule has 1 aliphatic heterocycles. The first-order valence-corrected chi connectivity index (χ1v) is 9.21. The van der Waals surface area contributed by atoms with Crippen LogP contribution in [0.3, 0.4) is 0 Å². The molecular weight excluding hydrogens is 354 g/mol. The van der Waals surface area contributed by atoms with Crippen LogP contribution in [0.4, 0.5) is 0 Å². The van der Waals surface area contributed by atoms with Gasteiger partial charge < -0.3 is 14.6 Å². The van der Waals surface area contributed by atoms with Crippen LogP contribution in [0.5, 0.6) is 0 Å². The topological polar surface area (TPSA) is 69.4 Å². The van der Waals surface area contributed by atoms with Crippen molar-refractivity contribution in [2.24, 2.45) is 5.41 Å². The molecule has 1 aromatic carbocycles. The Bertz CT molecular complexity index is 736. The molecule has 0 spiro atoms. The van der Waals surface area contributed by atoms with E-state index < -0.39 is 5.41 Å². The largest absolute Gasteiger partial charge is 0.510 e. The second-order valence-corrected chi connectivity index (χ2v) is 6.97. The van der Waals surface area contributed by atoms with Crippen LogP contribution in [0.1, 0.15) is 32.3 Å². The minimum Gasteiger partial charge on any atom is -0.510 e. The van der Waals surface area contributed by atoms with E-state index in [2.05, 4.69) is 10.1 Å². The molecule has 0 amide bonds. The van der Waals surface area contributed by atoms with Crippen LogP contribution in [0.15, 0.2) is 42.7 Å². The Morgan fingerprint density at radius 3 is 2.50 bits per heavy atom. The minimum absolute atomic E-state index is 0.214. The number of allylic oxidation sites excluding steroid dienone is 1. The number of aliphatic hydroxyl groups is 1. The zero-order valence-corrected chi connectivity index (χ0v) is 15.8. The van der Waals surface area contributed by atoms with E-state index in [1.54, 1.807) is 11.0 Å². The molecule has 1 fully saturated rings. The van der Waals surface area contributed by atoms with Gasteiger partial charge >= 0.3 is 0 Å². The molecule has 2 heterocycles. The average Bonchev–Trinajstić information content (AvgIpc) is 3.21. The van der Waals surface area contributed by atoms with Gasteiger partial charge in [0, 0.05) is 11.4 Å². The molecule has 1 saturated heterocycles. The summed E-state index contributed by atoms with van der Waals surface area (Å²) in [5, 5.41) is 16.1. The van der Waals surface area contributed by atoms with Gasteiger partial charge in [-0.2, -0.15) is 5.10 Å². The van der Waals surface area contributed by atoms with Crippen molar-refractivity contribution >= 4 is 17.3 Å². The third-order valence-electron chi connectivity index (χ3n) is 4.86. The number of aromatic nitrogens is 3. The first-order valence-electron chi connectivity index (χ1n) is 8.83. The highest BCUT2D eigenvalue weighted by Crippen LogP contribution is 2.38. The van der Waals surface area contributed by atoms with Crippen LogP contribution in [-0.4, -0.2) is 39.4 Å². The normalized spacial score (nSPS) is 24.3. The molecule has 7 heteroatoms. The monoisotopic (exact) mass is 377 g/mol. The minimum atomic E-state index is -0.598. The van der Waals surface area contributed by atoms with Crippen molar-refractivity contribution in [1.29, 1.82) is 0 Å². The molecule has 1 N–H and O–H groups in total. The summed E-state index contributed by atoms with van der Waals surface area (Å²) in [6, 6.07) is 7.54. The highest BCUT2D eigenvalue weighted by atomic mass is 35.5. The van der Waals surface area contributed by atoms with E-state index in [4.69, 9.17) is 21.1 Å². The molecule has 2 aromatic rings. The fourth-order valence-electron chi connectivity index (χ4n) is 3.06. The highest BCUT2D eigenvalue weighted by Gasteiger charge is 2.41. The third kappa shape index (κ3) is 3.92. The van der Waals surface area contributed by atoms with E-state index in [1.807, 2.05) is 38.1 Å². The molecule has 1 aliphatic rings. The van der Waals surface area contributed by atoms with Crippen LogP contribution in [0, 0.1) is 5.41 Å². The number of aliphatic hydroxyl groups excluding tert-OH is 1. The molecule has 26 heavy (non-hydrogen) atoms. The van der Waals surface area contributed by atoms with Crippen LogP contribution >= 0.6 is 11.6 Å². The third-order valence-corrected chi connectivity index (χ3v) is 5.11. The summed E-state index contributed by atoms with van der Waals surface area (Å²) in [4.78, 5) is 4.02. The van der Waals surface area contributed by atoms with Gasteiger partial charge in [0.2, 0.25) is 0 Å². The van der Waals surface area contributed by atoms with Gasteiger partial charge in [-0.15, -0.1) is 0 Å². The molecule has 1 aromatic heterocycles. The van der Waals surface area contributed by atoms with Crippen molar-refractivity contribution in [3.05, 3.63) is 53.3 Å². The fraction of sp³-hybridized carbons (Fsp3) is 0.474. The summed E-state index contributed by atoms with van der Waals surface area (Å²) in [7, 11) is 0.